The molecule has 0 saturated carbocycles. The SMILES string of the molecule is COc1ccc(C(=O)N2CCCC2CCCBr)cc1OC. The summed E-state index contributed by atoms with van der Waals surface area (Å²) < 4.78 is 10.5. The molecule has 1 unspecified atom stereocenters. The van der Waals surface area contributed by atoms with Crippen molar-refractivity contribution in [1.82, 2.24) is 4.90 Å². The Labute approximate surface area is 134 Å². The van der Waals surface area contributed by atoms with Gasteiger partial charge in [-0.3, -0.25) is 4.79 Å². The first-order valence-electron chi connectivity index (χ1n) is 7.30. The molecule has 5 heteroatoms. The molecule has 1 atom stereocenters. The summed E-state index contributed by atoms with van der Waals surface area (Å²) in [7, 11) is 3.18. The minimum absolute atomic E-state index is 0.0908. The molecule has 2 rings (SSSR count). The monoisotopic (exact) mass is 355 g/mol. The van der Waals surface area contributed by atoms with Gasteiger partial charge in [0.05, 0.1) is 14.2 Å². The van der Waals surface area contributed by atoms with Crippen LogP contribution in [0, 0.1) is 0 Å². The van der Waals surface area contributed by atoms with Gasteiger partial charge in [-0.1, -0.05) is 15.9 Å². The van der Waals surface area contributed by atoms with Gasteiger partial charge in [0.15, 0.2) is 11.5 Å². The molecule has 116 valence electrons. The fourth-order valence-corrected chi connectivity index (χ4v) is 3.17. The number of likely N-dealkylation sites (tertiary alicyclic amines) is 1. The van der Waals surface area contributed by atoms with Gasteiger partial charge in [0.25, 0.3) is 5.91 Å². The summed E-state index contributed by atoms with van der Waals surface area (Å²) >= 11 is 3.46. The lowest BCUT2D eigenvalue weighted by molar-refractivity contribution is 0.0730. The van der Waals surface area contributed by atoms with Crippen LogP contribution in [0.1, 0.15) is 36.0 Å². The Hall–Kier alpha value is -1.23. The fraction of sp³-hybridized carbons (Fsp3) is 0.562. The molecule has 0 bridgehead atoms. The highest BCUT2D eigenvalue weighted by atomic mass is 79.9. The Morgan fingerprint density at radius 3 is 2.76 bits per heavy atom. The number of methoxy groups -OCH3 is 2. The van der Waals surface area contributed by atoms with Gasteiger partial charge in [0.1, 0.15) is 0 Å². The van der Waals surface area contributed by atoms with Crippen molar-refractivity contribution in [2.45, 2.75) is 31.7 Å². The Kier molecular flexibility index (Phi) is 5.91. The van der Waals surface area contributed by atoms with Crippen LogP contribution in [0.2, 0.25) is 0 Å². The van der Waals surface area contributed by atoms with Crippen LogP contribution < -0.4 is 9.47 Å². The van der Waals surface area contributed by atoms with Crippen molar-refractivity contribution in [3.63, 3.8) is 0 Å². The smallest absolute Gasteiger partial charge is 0.254 e. The summed E-state index contributed by atoms with van der Waals surface area (Å²) in [5.41, 5.74) is 0.665. The van der Waals surface area contributed by atoms with Crippen LogP contribution in [0.25, 0.3) is 0 Å². The van der Waals surface area contributed by atoms with Crippen molar-refractivity contribution >= 4 is 21.8 Å². The number of hydrogen-bond donors (Lipinski definition) is 0. The normalized spacial score (nSPS) is 17.9. The second-order valence-electron chi connectivity index (χ2n) is 5.20. The molecule has 1 amide bonds. The molecule has 1 fully saturated rings. The van der Waals surface area contributed by atoms with E-state index in [9.17, 15) is 4.79 Å². The maximum absolute atomic E-state index is 12.7. The van der Waals surface area contributed by atoms with Gasteiger partial charge in [0, 0.05) is 23.5 Å². The average molecular weight is 356 g/mol. The van der Waals surface area contributed by atoms with Gasteiger partial charge >= 0.3 is 0 Å². The molecule has 21 heavy (non-hydrogen) atoms. The number of hydrogen-bond acceptors (Lipinski definition) is 3. The highest BCUT2D eigenvalue weighted by molar-refractivity contribution is 9.09. The molecular weight excluding hydrogens is 334 g/mol. The molecule has 1 saturated heterocycles. The van der Waals surface area contributed by atoms with Crippen LogP contribution in [-0.4, -0.2) is 42.9 Å². The summed E-state index contributed by atoms with van der Waals surface area (Å²) in [5.74, 6) is 1.33. The summed E-state index contributed by atoms with van der Waals surface area (Å²) in [4.78, 5) is 14.7. The highest BCUT2D eigenvalue weighted by Gasteiger charge is 2.29. The number of ether oxygens (including phenoxy) is 2. The lowest BCUT2D eigenvalue weighted by Gasteiger charge is -2.25. The zero-order valence-electron chi connectivity index (χ0n) is 12.6. The lowest BCUT2D eigenvalue weighted by Crippen LogP contribution is -2.35. The van der Waals surface area contributed by atoms with Crippen LogP contribution in [0.5, 0.6) is 11.5 Å². The summed E-state index contributed by atoms with van der Waals surface area (Å²) in [5, 5.41) is 0.988. The molecule has 1 aliphatic heterocycles. The van der Waals surface area contributed by atoms with Gasteiger partial charge in [-0.2, -0.15) is 0 Å². The molecule has 1 aliphatic rings. The van der Waals surface area contributed by atoms with Crippen molar-refractivity contribution in [3.8, 4) is 11.5 Å². The average Bonchev–Trinajstić information content (AvgIpc) is 2.99. The Balaban J connectivity index is 2.15. The second kappa shape index (κ2) is 7.69. The molecule has 0 spiro atoms. The molecule has 0 N–H and O–H groups in total. The quantitative estimate of drug-likeness (QED) is 0.733. The van der Waals surface area contributed by atoms with E-state index in [1.807, 2.05) is 11.0 Å². The van der Waals surface area contributed by atoms with E-state index in [1.165, 1.54) is 0 Å². The summed E-state index contributed by atoms with van der Waals surface area (Å²) in [6.07, 6.45) is 4.35. The molecule has 0 aliphatic carbocycles. The third kappa shape index (κ3) is 3.70. The van der Waals surface area contributed by atoms with Crippen molar-refractivity contribution in [2.24, 2.45) is 0 Å². The van der Waals surface area contributed by atoms with E-state index in [2.05, 4.69) is 15.9 Å². The molecule has 1 heterocycles. The zero-order chi connectivity index (χ0) is 15.2. The standard InChI is InChI=1S/C16H22BrNO3/c1-20-14-8-7-12(11-15(14)21-2)16(19)18-10-4-6-13(18)5-3-9-17/h7-8,11,13H,3-6,9-10H2,1-2H3. The Morgan fingerprint density at radius 2 is 2.10 bits per heavy atom. The molecular formula is C16H22BrNO3. The first-order chi connectivity index (χ1) is 10.2. The van der Waals surface area contributed by atoms with Crippen molar-refractivity contribution < 1.29 is 14.3 Å². The van der Waals surface area contributed by atoms with E-state index in [4.69, 9.17) is 9.47 Å². The third-order valence-electron chi connectivity index (χ3n) is 3.94. The van der Waals surface area contributed by atoms with Gasteiger partial charge < -0.3 is 14.4 Å². The third-order valence-corrected chi connectivity index (χ3v) is 4.50. The molecule has 0 aromatic heterocycles. The van der Waals surface area contributed by atoms with Gasteiger partial charge in [-0.05, 0) is 43.9 Å². The van der Waals surface area contributed by atoms with Gasteiger partial charge in [0.2, 0.25) is 0 Å². The van der Waals surface area contributed by atoms with E-state index in [1.54, 1.807) is 26.4 Å². The van der Waals surface area contributed by atoms with E-state index in [0.717, 1.165) is 37.6 Å². The van der Waals surface area contributed by atoms with Crippen LogP contribution in [0.15, 0.2) is 18.2 Å². The number of alkyl halides is 1. The summed E-state index contributed by atoms with van der Waals surface area (Å²) in [6.45, 7) is 0.847. The predicted octanol–water partition coefficient (Wildman–Crippen LogP) is 3.48. The molecule has 1 aromatic carbocycles. The number of benzene rings is 1. The number of carbonyl (C=O) groups excluding carboxylic acids is 1. The van der Waals surface area contributed by atoms with Crippen LogP contribution >= 0.6 is 15.9 Å². The number of halogens is 1. The first kappa shape index (κ1) is 16.1. The van der Waals surface area contributed by atoms with E-state index in [-0.39, 0.29) is 5.91 Å². The maximum atomic E-state index is 12.7. The minimum atomic E-state index is 0.0908. The maximum Gasteiger partial charge on any atom is 0.254 e. The van der Waals surface area contributed by atoms with Crippen LogP contribution in [0.4, 0.5) is 0 Å². The van der Waals surface area contributed by atoms with E-state index >= 15 is 0 Å². The minimum Gasteiger partial charge on any atom is -0.493 e. The Bertz CT molecular complexity index is 492. The zero-order valence-corrected chi connectivity index (χ0v) is 14.2. The van der Waals surface area contributed by atoms with Crippen molar-refractivity contribution in [3.05, 3.63) is 23.8 Å². The van der Waals surface area contributed by atoms with E-state index < -0.39 is 0 Å². The fourth-order valence-electron chi connectivity index (χ4n) is 2.85. The number of nitrogens with zero attached hydrogens (tertiary/aromatic N) is 1. The topological polar surface area (TPSA) is 38.8 Å². The Morgan fingerprint density at radius 1 is 1.33 bits per heavy atom. The molecule has 1 aromatic rings. The first-order valence-corrected chi connectivity index (χ1v) is 8.42. The predicted molar refractivity (Wildman–Crippen MR) is 86.6 cm³/mol. The largest absolute Gasteiger partial charge is 0.493 e. The van der Waals surface area contributed by atoms with Crippen molar-refractivity contribution in [2.75, 3.05) is 26.1 Å². The number of amides is 1. The molecule has 4 nitrogen and oxygen atoms in total. The van der Waals surface area contributed by atoms with Gasteiger partial charge in [-0.25, -0.2) is 0 Å². The van der Waals surface area contributed by atoms with Gasteiger partial charge in [-0.15, -0.1) is 0 Å². The number of rotatable bonds is 6. The number of carbonyl (C=O) groups is 1. The summed E-state index contributed by atoms with van der Waals surface area (Å²) in [6, 6.07) is 5.73. The van der Waals surface area contributed by atoms with E-state index in [0.29, 0.717) is 23.1 Å². The van der Waals surface area contributed by atoms with Crippen molar-refractivity contribution in [1.29, 1.82) is 0 Å². The van der Waals surface area contributed by atoms with Crippen LogP contribution in [-0.2, 0) is 0 Å². The second-order valence-corrected chi connectivity index (χ2v) is 5.99. The lowest BCUT2D eigenvalue weighted by atomic mass is 10.1. The highest BCUT2D eigenvalue weighted by Crippen LogP contribution is 2.30. The molecule has 0 radical (unpaired) electrons. The van der Waals surface area contributed by atoms with Crippen LogP contribution in [0.3, 0.4) is 0 Å².